The van der Waals surface area contributed by atoms with E-state index in [0.29, 0.717) is 28.9 Å². The van der Waals surface area contributed by atoms with Crippen molar-refractivity contribution >= 4 is 28.6 Å². The summed E-state index contributed by atoms with van der Waals surface area (Å²) in [6, 6.07) is 3.67. The van der Waals surface area contributed by atoms with Crippen LogP contribution in [-0.2, 0) is 11.3 Å². The lowest BCUT2D eigenvalue weighted by molar-refractivity contribution is 0.0295. The van der Waals surface area contributed by atoms with E-state index in [2.05, 4.69) is 45.4 Å². The first-order valence-corrected chi connectivity index (χ1v) is 13.4. The number of imidazole rings is 1. The van der Waals surface area contributed by atoms with E-state index in [0.717, 1.165) is 35.0 Å². The Hall–Kier alpha value is -3.24. The van der Waals surface area contributed by atoms with Crippen molar-refractivity contribution in [3.05, 3.63) is 40.1 Å². The van der Waals surface area contributed by atoms with Gasteiger partial charge in [-0.15, -0.1) is 0 Å². The molecule has 1 saturated carbocycles. The second kappa shape index (κ2) is 10.5. The molecule has 0 unspecified atom stereocenters. The van der Waals surface area contributed by atoms with E-state index in [4.69, 9.17) is 30.8 Å². The molecule has 1 aliphatic rings. The number of ether oxygens (including phenoxy) is 1. The van der Waals surface area contributed by atoms with Crippen molar-refractivity contribution in [2.75, 3.05) is 25.6 Å². The zero-order chi connectivity index (χ0) is 27.0. The van der Waals surface area contributed by atoms with Crippen LogP contribution in [0.15, 0.2) is 33.8 Å². The van der Waals surface area contributed by atoms with Crippen LogP contribution in [0.2, 0.25) is 5.02 Å². The normalized spacial score (nSPS) is 18.3. The molecule has 0 saturated heterocycles. The van der Waals surface area contributed by atoms with Gasteiger partial charge < -0.3 is 14.2 Å². The molecule has 10 nitrogen and oxygen atoms in total. The topological polar surface area (TPSA) is 115 Å². The van der Waals surface area contributed by atoms with E-state index in [1.165, 1.54) is 25.7 Å². The van der Waals surface area contributed by atoms with Crippen LogP contribution in [0.5, 0.6) is 0 Å². The zero-order valence-corrected chi connectivity index (χ0v) is 23.2. The summed E-state index contributed by atoms with van der Waals surface area (Å²) in [4.78, 5) is 30.8. The average Bonchev–Trinajstić information content (AvgIpc) is 3.48. The van der Waals surface area contributed by atoms with Crippen LogP contribution in [0.25, 0.3) is 33.8 Å². The molecule has 0 aromatic carbocycles. The molecule has 11 heteroatoms. The van der Waals surface area contributed by atoms with Crippen molar-refractivity contribution in [3.63, 3.8) is 0 Å². The van der Waals surface area contributed by atoms with Crippen LogP contribution in [0.4, 0.5) is 5.95 Å². The van der Waals surface area contributed by atoms with Crippen LogP contribution in [-0.4, -0.2) is 56.0 Å². The summed E-state index contributed by atoms with van der Waals surface area (Å²) in [5.74, 6) is 1.71. The van der Waals surface area contributed by atoms with E-state index in [-0.39, 0.29) is 11.4 Å². The monoisotopic (exact) mass is 539 g/mol. The van der Waals surface area contributed by atoms with Crippen LogP contribution < -0.4 is 10.7 Å². The summed E-state index contributed by atoms with van der Waals surface area (Å²) in [7, 11) is 3.75. The first-order chi connectivity index (χ1) is 18.1. The van der Waals surface area contributed by atoms with Gasteiger partial charge in [-0.05, 0) is 50.7 Å². The zero-order valence-electron chi connectivity index (χ0n) is 22.5. The molecule has 38 heavy (non-hydrogen) atoms. The van der Waals surface area contributed by atoms with Gasteiger partial charge in [-0.1, -0.05) is 36.5 Å². The molecule has 0 radical (unpaired) electrons. The van der Waals surface area contributed by atoms with Gasteiger partial charge in [0.15, 0.2) is 0 Å². The van der Waals surface area contributed by atoms with Crippen molar-refractivity contribution in [2.24, 2.45) is 11.8 Å². The van der Waals surface area contributed by atoms with Crippen molar-refractivity contribution in [1.82, 2.24) is 29.7 Å². The van der Waals surface area contributed by atoms with Gasteiger partial charge in [0.05, 0.1) is 27.4 Å². The van der Waals surface area contributed by atoms with Crippen molar-refractivity contribution in [2.45, 2.75) is 58.6 Å². The number of pyridine rings is 2. The molecular formula is C27H34ClN7O3. The summed E-state index contributed by atoms with van der Waals surface area (Å²) in [5.41, 5.74) is 3.11. The Morgan fingerprint density at radius 3 is 2.63 bits per heavy atom. The van der Waals surface area contributed by atoms with Gasteiger partial charge >= 0.3 is 5.76 Å². The van der Waals surface area contributed by atoms with Crippen molar-refractivity contribution in [1.29, 1.82) is 0 Å². The number of methoxy groups -OCH3 is 1. The molecule has 0 bridgehead atoms. The summed E-state index contributed by atoms with van der Waals surface area (Å²) in [6.45, 7) is 7.91. The lowest BCUT2D eigenvalue weighted by Gasteiger charge is -2.31. The van der Waals surface area contributed by atoms with Crippen molar-refractivity contribution < 1.29 is 9.26 Å². The van der Waals surface area contributed by atoms with Crippen LogP contribution in [0.1, 0.15) is 46.5 Å². The second-order valence-electron chi connectivity index (χ2n) is 11.0. The molecule has 1 aliphatic carbocycles. The van der Waals surface area contributed by atoms with Gasteiger partial charge in [-0.25, -0.2) is 14.8 Å². The minimum Gasteiger partial charge on any atom is -0.377 e. The summed E-state index contributed by atoms with van der Waals surface area (Å²) in [6.07, 6.45) is 8.13. The number of halogens is 1. The quantitative estimate of drug-likeness (QED) is 0.326. The molecule has 0 amide bonds. The fraction of sp³-hybridized carbons (Fsp3) is 0.519. The number of hydrogen-bond donors (Lipinski definition) is 1. The molecule has 0 atom stereocenters. The third kappa shape index (κ3) is 5.47. The Morgan fingerprint density at radius 2 is 1.97 bits per heavy atom. The molecular weight excluding hydrogens is 506 g/mol. The predicted molar refractivity (Wildman–Crippen MR) is 147 cm³/mol. The first-order valence-electron chi connectivity index (χ1n) is 13.0. The van der Waals surface area contributed by atoms with Gasteiger partial charge in [-0.2, -0.15) is 0 Å². The highest BCUT2D eigenvalue weighted by Gasteiger charge is 2.28. The summed E-state index contributed by atoms with van der Waals surface area (Å²) < 4.78 is 12.8. The van der Waals surface area contributed by atoms with E-state index in [1.54, 1.807) is 19.5 Å². The molecule has 0 spiro atoms. The number of hydrogen-bond acceptors (Lipinski definition) is 8. The van der Waals surface area contributed by atoms with E-state index < -0.39 is 5.76 Å². The number of likely N-dealkylation sites (N-methyl/N-ethyl adjacent to an activating group) is 1. The minimum absolute atomic E-state index is 0.236. The fourth-order valence-electron chi connectivity index (χ4n) is 5.29. The minimum atomic E-state index is -0.646. The van der Waals surface area contributed by atoms with Crippen molar-refractivity contribution in [3.8, 4) is 22.8 Å². The Balaban J connectivity index is 1.72. The van der Waals surface area contributed by atoms with E-state index >= 15 is 0 Å². The molecule has 1 fully saturated rings. The number of aromatic amines is 1. The second-order valence-corrected chi connectivity index (χ2v) is 11.5. The first kappa shape index (κ1) is 26.4. The van der Waals surface area contributed by atoms with E-state index in [1.807, 2.05) is 19.2 Å². The summed E-state index contributed by atoms with van der Waals surface area (Å²) in [5, 5.41) is 4.36. The van der Waals surface area contributed by atoms with Crippen LogP contribution in [0.3, 0.4) is 0 Å². The van der Waals surface area contributed by atoms with Crippen LogP contribution in [0, 0.1) is 11.8 Å². The van der Waals surface area contributed by atoms with Gasteiger partial charge in [0.2, 0.25) is 11.8 Å². The lowest BCUT2D eigenvalue weighted by atomic mass is 9.83. The summed E-state index contributed by atoms with van der Waals surface area (Å²) >= 11 is 6.35. The number of fused-ring (bicyclic) bond motifs is 1. The van der Waals surface area contributed by atoms with Gasteiger partial charge in [-0.3, -0.25) is 14.5 Å². The Labute approximate surface area is 226 Å². The number of anilines is 1. The molecule has 202 valence electrons. The predicted octanol–water partition coefficient (Wildman–Crippen LogP) is 5.18. The highest BCUT2D eigenvalue weighted by atomic mass is 35.5. The maximum absolute atomic E-state index is 11.7. The maximum atomic E-state index is 11.7. The molecule has 4 aromatic rings. The van der Waals surface area contributed by atoms with Gasteiger partial charge in [0.25, 0.3) is 0 Å². The SMILES string of the molecule is COC(C)(C)CN(C)c1nc2cc(-c3noc(=O)[nH]3)nc(-c3cncc(Cl)c3)c2n1CC1CCC(C)CC1. The molecule has 4 heterocycles. The molecule has 4 aromatic heterocycles. The third-order valence-electron chi connectivity index (χ3n) is 7.45. The number of aromatic nitrogens is 6. The standard InChI is InChI=1S/C27H34ClN7O3/c1-16-6-8-17(9-7-16)14-35-23-20(31-25(35)34(4)15-27(2,3)37-5)11-21(24-32-26(36)38-33-24)30-22(23)18-10-19(28)13-29-12-18/h10-13,16-17H,6-9,14-15H2,1-5H3,(H,32,33,36). The van der Waals surface area contributed by atoms with E-state index in [9.17, 15) is 4.79 Å². The molecule has 5 rings (SSSR count). The largest absolute Gasteiger partial charge is 0.439 e. The average molecular weight is 540 g/mol. The number of nitrogens with one attached hydrogen (secondary N) is 1. The molecule has 1 N–H and O–H groups in total. The Bertz CT molecular complexity index is 1480. The lowest BCUT2D eigenvalue weighted by Crippen LogP contribution is -2.39. The Kier molecular flexibility index (Phi) is 7.28. The van der Waals surface area contributed by atoms with Gasteiger partial charge in [0, 0.05) is 45.2 Å². The Morgan fingerprint density at radius 1 is 1.21 bits per heavy atom. The number of H-pyrrole nitrogens is 1. The van der Waals surface area contributed by atoms with Crippen LogP contribution >= 0.6 is 11.6 Å². The smallest absolute Gasteiger partial charge is 0.377 e. The highest BCUT2D eigenvalue weighted by Crippen LogP contribution is 2.37. The number of rotatable bonds is 8. The maximum Gasteiger partial charge on any atom is 0.439 e. The fourth-order valence-corrected chi connectivity index (χ4v) is 5.46. The third-order valence-corrected chi connectivity index (χ3v) is 7.66. The number of nitrogens with zero attached hydrogens (tertiary/aromatic N) is 6. The van der Waals surface area contributed by atoms with Gasteiger partial charge in [0.1, 0.15) is 5.69 Å². The highest BCUT2D eigenvalue weighted by molar-refractivity contribution is 6.30. The molecule has 0 aliphatic heterocycles.